The van der Waals surface area contributed by atoms with Crippen LogP contribution < -0.4 is 64.8 Å². The van der Waals surface area contributed by atoms with Crippen molar-refractivity contribution in [2.45, 2.75) is 9.79 Å². The second kappa shape index (κ2) is 9.45. The van der Waals surface area contributed by atoms with Gasteiger partial charge in [0.2, 0.25) is 10.4 Å². The van der Waals surface area contributed by atoms with Crippen LogP contribution in [0.5, 0.6) is 0 Å². The molecule has 0 aromatic heterocycles. The minimum Gasteiger partial charge on any atom is -0.744 e. The zero-order chi connectivity index (χ0) is 16.5. The molecule has 1 aromatic carbocycles. The molecule has 10 nitrogen and oxygen atoms in total. The first kappa shape index (κ1) is 26.0. The molecule has 0 saturated carbocycles. The van der Waals surface area contributed by atoms with Gasteiger partial charge in [0, 0.05) is 5.69 Å². The molecule has 0 aliphatic heterocycles. The number of nitrogens with two attached hydrogens (primary N) is 1. The Hall–Kier alpha value is 0.750. The molecule has 120 valence electrons. The molecule has 0 spiro atoms. The van der Waals surface area contributed by atoms with Crippen molar-refractivity contribution in [2.24, 2.45) is 0 Å². The molecule has 0 heterocycles. The molecule has 1 rings (SSSR count). The first-order valence-electron chi connectivity index (χ1n) is 5.01. The summed E-state index contributed by atoms with van der Waals surface area (Å²) in [6.07, 6.45) is 0. The molecule has 0 fully saturated rings. The number of nitrogen functional groups attached to an aromatic ring is 1. The zero-order valence-corrected chi connectivity index (χ0v) is 18.6. The summed E-state index contributed by atoms with van der Waals surface area (Å²) < 4.78 is 90.6. The third-order valence-corrected chi connectivity index (χ3v) is 5.22. The van der Waals surface area contributed by atoms with E-state index in [1.807, 2.05) is 0 Å². The van der Waals surface area contributed by atoms with Crippen LogP contribution in [-0.4, -0.2) is 46.7 Å². The van der Waals surface area contributed by atoms with Crippen LogP contribution in [0, 0.1) is 0 Å². The molecule has 0 bridgehead atoms. The van der Waals surface area contributed by atoms with Crippen molar-refractivity contribution in [3.8, 4) is 0 Å². The maximum Gasteiger partial charge on any atom is 1.00 e. The van der Waals surface area contributed by atoms with Gasteiger partial charge in [-0.1, -0.05) is 0 Å². The standard InChI is InChI=1S/C8H11NO9S3.2Na/c9-7-2-1-6(5-8(7)20(12,13)14)19(10,11)4-3-18-21(15,16)17;;/h1-2,5H,3-4,9H2,(H,12,13,14)(H,15,16,17);;/q;2*+1/p-2. The van der Waals surface area contributed by atoms with Gasteiger partial charge in [-0.15, -0.1) is 0 Å². The fourth-order valence-electron chi connectivity index (χ4n) is 1.29. The van der Waals surface area contributed by atoms with E-state index in [-0.39, 0.29) is 59.1 Å². The Bertz CT molecular complexity index is 849. The van der Waals surface area contributed by atoms with Crippen LogP contribution in [0.3, 0.4) is 0 Å². The molecular formula is C8H9NNa2O9S3. The van der Waals surface area contributed by atoms with Gasteiger partial charge in [-0.05, 0) is 18.2 Å². The normalized spacial score (nSPS) is 12.1. The molecule has 1 aromatic rings. The third-order valence-electron chi connectivity index (χ3n) is 2.19. The van der Waals surface area contributed by atoms with Crippen LogP contribution in [0.25, 0.3) is 0 Å². The minimum atomic E-state index is -5.05. The summed E-state index contributed by atoms with van der Waals surface area (Å²) in [5.41, 5.74) is 4.83. The maximum absolute atomic E-state index is 11.8. The Labute approximate surface area is 178 Å². The van der Waals surface area contributed by atoms with Crippen LogP contribution in [0.15, 0.2) is 28.0 Å². The van der Waals surface area contributed by atoms with Crippen LogP contribution >= 0.6 is 0 Å². The van der Waals surface area contributed by atoms with Gasteiger partial charge >= 0.3 is 59.1 Å². The summed E-state index contributed by atoms with van der Waals surface area (Å²) >= 11 is 0. The molecule has 0 aliphatic carbocycles. The van der Waals surface area contributed by atoms with Crippen molar-refractivity contribution in [1.29, 1.82) is 0 Å². The van der Waals surface area contributed by atoms with E-state index in [0.29, 0.717) is 6.07 Å². The number of hydrogen-bond acceptors (Lipinski definition) is 10. The molecule has 0 saturated heterocycles. The summed E-state index contributed by atoms with van der Waals surface area (Å²) in [7, 11) is -14.2. The molecule has 0 unspecified atom stereocenters. The molecule has 0 amide bonds. The van der Waals surface area contributed by atoms with E-state index in [4.69, 9.17) is 5.73 Å². The Balaban J connectivity index is 0. The van der Waals surface area contributed by atoms with Gasteiger partial charge < -0.3 is 14.8 Å². The summed E-state index contributed by atoms with van der Waals surface area (Å²) in [5, 5.41) is 0. The SMILES string of the molecule is Nc1ccc(S(=O)(=O)CCOS(=O)(=O)[O-])cc1S(=O)(=O)[O-].[Na+].[Na+]. The number of rotatable bonds is 6. The van der Waals surface area contributed by atoms with E-state index in [9.17, 15) is 34.4 Å². The van der Waals surface area contributed by atoms with Crippen LogP contribution in [0.4, 0.5) is 5.69 Å². The van der Waals surface area contributed by atoms with Gasteiger partial charge in [0.15, 0.2) is 9.84 Å². The van der Waals surface area contributed by atoms with E-state index in [0.717, 1.165) is 12.1 Å². The van der Waals surface area contributed by atoms with Gasteiger partial charge in [-0.2, -0.15) is 0 Å². The summed E-state index contributed by atoms with van der Waals surface area (Å²) in [5.74, 6) is -0.906. The summed E-state index contributed by atoms with van der Waals surface area (Å²) in [6.45, 7) is -0.946. The van der Waals surface area contributed by atoms with Gasteiger partial charge in [0.05, 0.1) is 22.2 Å². The van der Waals surface area contributed by atoms with Crippen molar-refractivity contribution in [3.63, 3.8) is 0 Å². The fraction of sp³-hybridized carbons (Fsp3) is 0.250. The van der Waals surface area contributed by atoms with Crippen molar-refractivity contribution in [1.82, 2.24) is 0 Å². The molecular weight excluding hydrogens is 396 g/mol. The molecule has 0 atom stereocenters. The predicted molar refractivity (Wildman–Crippen MR) is 66.5 cm³/mol. The Morgan fingerprint density at radius 3 is 1.96 bits per heavy atom. The third kappa shape index (κ3) is 8.60. The van der Waals surface area contributed by atoms with Crippen molar-refractivity contribution < 1.29 is 97.7 Å². The topological polar surface area (TPSA) is 184 Å². The predicted octanol–water partition coefficient (Wildman–Crippen LogP) is -7.57. The Morgan fingerprint density at radius 1 is 1.00 bits per heavy atom. The molecule has 15 heteroatoms. The largest absolute Gasteiger partial charge is 1.00 e. The molecule has 0 radical (unpaired) electrons. The smallest absolute Gasteiger partial charge is 0.744 e. The second-order valence-corrected chi connectivity index (χ2v) is 8.21. The number of anilines is 1. The van der Waals surface area contributed by atoms with E-state index >= 15 is 0 Å². The number of hydrogen-bond donors (Lipinski definition) is 1. The molecule has 0 aliphatic rings. The minimum absolute atomic E-state index is 0. The average Bonchev–Trinajstić information content (AvgIpc) is 2.25. The monoisotopic (exact) mass is 405 g/mol. The second-order valence-electron chi connectivity index (χ2n) is 3.70. The Morgan fingerprint density at radius 2 is 1.52 bits per heavy atom. The Kier molecular flexibility index (Phi) is 10.7. The van der Waals surface area contributed by atoms with E-state index in [1.165, 1.54) is 0 Å². The van der Waals surface area contributed by atoms with Crippen molar-refractivity contribution >= 4 is 36.0 Å². The average molecular weight is 405 g/mol. The molecule has 23 heavy (non-hydrogen) atoms. The maximum atomic E-state index is 11.8. The first-order chi connectivity index (χ1) is 9.33. The van der Waals surface area contributed by atoms with Gasteiger partial charge in [-0.3, -0.25) is 4.18 Å². The van der Waals surface area contributed by atoms with Crippen molar-refractivity contribution in [3.05, 3.63) is 18.2 Å². The van der Waals surface area contributed by atoms with Crippen molar-refractivity contribution in [2.75, 3.05) is 18.1 Å². The number of sulfone groups is 1. The van der Waals surface area contributed by atoms with E-state index in [1.54, 1.807) is 0 Å². The van der Waals surface area contributed by atoms with E-state index < -0.39 is 58.2 Å². The van der Waals surface area contributed by atoms with Gasteiger partial charge in [-0.25, -0.2) is 25.3 Å². The van der Waals surface area contributed by atoms with Crippen LogP contribution in [-0.2, 0) is 34.5 Å². The van der Waals surface area contributed by atoms with Crippen LogP contribution in [0.2, 0.25) is 0 Å². The summed E-state index contributed by atoms with van der Waals surface area (Å²) in [6, 6.07) is 2.40. The quantitative estimate of drug-likeness (QED) is 0.206. The molecule has 2 N–H and O–H groups in total. The first-order valence-corrected chi connectivity index (χ1v) is 9.41. The number of benzene rings is 1. The zero-order valence-electron chi connectivity index (χ0n) is 12.1. The van der Waals surface area contributed by atoms with Gasteiger partial charge in [0.25, 0.3) is 0 Å². The summed E-state index contributed by atoms with van der Waals surface area (Å²) in [4.78, 5) is -1.49. The van der Waals surface area contributed by atoms with Crippen LogP contribution in [0.1, 0.15) is 0 Å². The van der Waals surface area contributed by atoms with E-state index in [2.05, 4.69) is 4.18 Å². The fourth-order valence-corrected chi connectivity index (χ4v) is 3.50. The van der Waals surface area contributed by atoms with Gasteiger partial charge in [0.1, 0.15) is 10.1 Å².